The smallest absolute Gasteiger partial charge is 0.408 e. The molecule has 3 N–H and O–H groups in total. The van der Waals surface area contributed by atoms with E-state index in [9.17, 15) is 24.1 Å². The molecule has 0 aliphatic heterocycles. The lowest BCUT2D eigenvalue weighted by Gasteiger charge is -2.24. The molecule has 0 aliphatic carbocycles. The molecule has 0 bridgehead atoms. The highest BCUT2D eigenvalue weighted by atomic mass is 31.2. The van der Waals surface area contributed by atoms with Gasteiger partial charge in [0.1, 0.15) is 24.6 Å². The summed E-state index contributed by atoms with van der Waals surface area (Å²) >= 11 is 0. The number of amides is 2. The van der Waals surface area contributed by atoms with Crippen molar-refractivity contribution in [2.75, 3.05) is 26.0 Å². The summed E-state index contributed by atoms with van der Waals surface area (Å²) in [4.78, 5) is 37.5. The molecular formula is C26H43N2O8P. The van der Waals surface area contributed by atoms with Crippen LogP contribution in [0.3, 0.4) is 0 Å². The van der Waals surface area contributed by atoms with E-state index < -0.39 is 31.7 Å². The van der Waals surface area contributed by atoms with Gasteiger partial charge in [-0.3, -0.25) is 14.2 Å². The van der Waals surface area contributed by atoms with E-state index in [1.165, 1.54) is 0 Å². The molecule has 10 nitrogen and oxygen atoms in total. The molecule has 0 spiro atoms. The predicted octanol–water partition coefficient (Wildman–Crippen LogP) is 4.20. The van der Waals surface area contributed by atoms with Crippen LogP contribution in [0, 0.1) is 5.92 Å². The van der Waals surface area contributed by atoms with E-state index in [0.717, 1.165) is 5.56 Å². The molecule has 0 aromatic heterocycles. The zero-order valence-corrected chi connectivity index (χ0v) is 23.3. The first-order valence-corrected chi connectivity index (χ1v) is 14.6. The molecule has 2 atom stereocenters. The topological polar surface area (TPSA) is 140 Å². The standard InChI is InChI=1S/C26H43N2O8P/c1-5-35-37(33,36-6-2)19-22(30)15-11-8-12-16-23(25(31)27-24(17-29)20(3)4)28-26(32)34-18-21-13-9-7-10-14-21/h7,9-10,13-14,20,23-24,29H,5-6,8,11-12,15-19H2,1-4H3,(H,27,31)(H,28,32)/t23?,24-/m1/s1. The second-order valence-electron chi connectivity index (χ2n) is 9.04. The van der Waals surface area contributed by atoms with Crippen molar-refractivity contribution in [3.63, 3.8) is 0 Å². The molecule has 1 aromatic rings. The minimum absolute atomic E-state index is 0.00925. The Kier molecular flexibility index (Phi) is 16.0. The number of hydrogen-bond donors (Lipinski definition) is 3. The third-order valence-electron chi connectivity index (χ3n) is 5.62. The summed E-state index contributed by atoms with van der Waals surface area (Å²) in [5, 5.41) is 15.0. The third kappa shape index (κ3) is 13.7. The second-order valence-corrected chi connectivity index (χ2v) is 11.1. The summed E-state index contributed by atoms with van der Waals surface area (Å²) in [5.41, 5.74) is 0.821. The summed E-state index contributed by atoms with van der Waals surface area (Å²) in [6.07, 6.45) is 1.29. The Morgan fingerprint density at radius 1 is 0.973 bits per heavy atom. The monoisotopic (exact) mass is 542 g/mol. The van der Waals surface area contributed by atoms with Crippen molar-refractivity contribution in [1.29, 1.82) is 0 Å². The number of carbonyl (C=O) groups excluding carboxylic acids is 3. The van der Waals surface area contributed by atoms with Crippen LogP contribution in [0.4, 0.5) is 4.79 Å². The minimum Gasteiger partial charge on any atom is -0.445 e. The number of ether oxygens (including phenoxy) is 1. The summed E-state index contributed by atoms with van der Waals surface area (Å²) in [6.45, 7) is 7.39. The van der Waals surface area contributed by atoms with Gasteiger partial charge in [-0.25, -0.2) is 4.79 Å². The molecule has 210 valence electrons. The van der Waals surface area contributed by atoms with Gasteiger partial charge >= 0.3 is 13.7 Å². The van der Waals surface area contributed by atoms with Gasteiger partial charge in [-0.05, 0) is 38.2 Å². The van der Waals surface area contributed by atoms with Crippen LogP contribution in [-0.2, 0) is 34.5 Å². The van der Waals surface area contributed by atoms with Crippen molar-refractivity contribution in [3.05, 3.63) is 35.9 Å². The molecule has 37 heavy (non-hydrogen) atoms. The van der Waals surface area contributed by atoms with E-state index in [-0.39, 0.29) is 50.7 Å². The largest absolute Gasteiger partial charge is 0.445 e. The van der Waals surface area contributed by atoms with Gasteiger partial charge in [0.15, 0.2) is 0 Å². The number of aliphatic hydroxyl groups excluding tert-OH is 1. The van der Waals surface area contributed by atoms with Crippen LogP contribution < -0.4 is 10.6 Å². The fourth-order valence-corrected chi connectivity index (χ4v) is 5.18. The number of rotatable bonds is 19. The second kappa shape index (κ2) is 18.1. The zero-order chi connectivity index (χ0) is 27.7. The number of unbranched alkanes of at least 4 members (excludes halogenated alkanes) is 2. The highest BCUT2D eigenvalue weighted by Crippen LogP contribution is 2.48. The number of ketones is 1. The minimum atomic E-state index is -3.41. The van der Waals surface area contributed by atoms with Crippen molar-refractivity contribution >= 4 is 25.4 Å². The molecule has 2 amide bonds. The van der Waals surface area contributed by atoms with Crippen molar-refractivity contribution in [3.8, 4) is 0 Å². The van der Waals surface area contributed by atoms with Crippen LogP contribution in [0.15, 0.2) is 30.3 Å². The Morgan fingerprint density at radius 2 is 1.62 bits per heavy atom. The molecule has 1 rings (SSSR count). The Hall–Kier alpha value is -2.26. The Labute approximate surface area is 220 Å². The number of benzene rings is 1. The summed E-state index contributed by atoms with van der Waals surface area (Å²) in [7, 11) is -3.41. The van der Waals surface area contributed by atoms with Crippen LogP contribution in [0.25, 0.3) is 0 Å². The average molecular weight is 543 g/mol. The maximum atomic E-state index is 12.9. The fourth-order valence-electron chi connectivity index (χ4n) is 3.55. The van der Waals surface area contributed by atoms with Gasteiger partial charge in [0.25, 0.3) is 0 Å². The Bertz CT molecular complexity index is 855. The summed E-state index contributed by atoms with van der Waals surface area (Å²) < 4.78 is 28.1. The van der Waals surface area contributed by atoms with Crippen LogP contribution in [0.1, 0.15) is 65.4 Å². The van der Waals surface area contributed by atoms with Crippen LogP contribution in [-0.4, -0.2) is 61.0 Å². The van der Waals surface area contributed by atoms with Gasteiger partial charge in [0, 0.05) is 6.42 Å². The number of nitrogens with one attached hydrogen (secondary N) is 2. The van der Waals surface area contributed by atoms with Crippen molar-refractivity contribution in [1.82, 2.24) is 10.6 Å². The first-order chi connectivity index (χ1) is 17.6. The van der Waals surface area contributed by atoms with Gasteiger partial charge in [-0.15, -0.1) is 0 Å². The lowest BCUT2D eigenvalue weighted by atomic mass is 10.0. The van der Waals surface area contributed by atoms with Crippen LogP contribution in [0.2, 0.25) is 0 Å². The summed E-state index contributed by atoms with van der Waals surface area (Å²) in [6, 6.07) is 7.89. The van der Waals surface area contributed by atoms with Crippen LogP contribution in [0.5, 0.6) is 0 Å². The van der Waals surface area contributed by atoms with E-state index in [1.807, 2.05) is 44.2 Å². The number of Topliss-reactive ketones (excluding diaryl/α,β-unsaturated/α-hetero) is 1. The van der Waals surface area contributed by atoms with E-state index in [0.29, 0.717) is 25.7 Å². The lowest BCUT2D eigenvalue weighted by molar-refractivity contribution is -0.124. The molecular weight excluding hydrogens is 499 g/mol. The molecule has 1 aromatic carbocycles. The van der Waals surface area contributed by atoms with E-state index in [4.69, 9.17) is 13.8 Å². The number of carbonyl (C=O) groups is 3. The molecule has 0 heterocycles. The van der Waals surface area contributed by atoms with E-state index in [1.54, 1.807) is 13.8 Å². The van der Waals surface area contributed by atoms with Gasteiger partial charge in [0.05, 0.1) is 25.9 Å². The first-order valence-electron chi connectivity index (χ1n) is 12.9. The molecule has 0 saturated carbocycles. The maximum Gasteiger partial charge on any atom is 0.408 e. The van der Waals surface area contributed by atoms with Crippen molar-refractivity contribution < 1.29 is 37.8 Å². The third-order valence-corrected chi connectivity index (χ3v) is 7.66. The zero-order valence-electron chi connectivity index (χ0n) is 22.4. The van der Waals surface area contributed by atoms with Gasteiger partial charge in [0.2, 0.25) is 5.91 Å². The SMILES string of the molecule is CCOP(=O)(CC(=O)CCCCCC(NC(=O)OCc1ccccc1)C(=O)N[C@H](CO)C(C)C)OCC. The first kappa shape index (κ1) is 32.8. The number of hydrogen-bond acceptors (Lipinski definition) is 8. The van der Waals surface area contributed by atoms with E-state index in [2.05, 4.69) is 10.6 Å². The normalized spacial score (nSPS) is 13.1. The number of aliphatic hydroxyl groups is 1. The number of alkyl carbamates (subject to hydrolysis) is 1. The molecule has 0 saturated heterocycles. The fraction of sp³-hybridized carbons (Fsp3) is 0.654. The van der Waals surface area contributed by atoms with E-state index >= 15 is 0 Å². The van der Waals surface area contributed by atoms with Crippen molar-refractivity contribution in [2.24, 2.45) is 5.92 Å². The molecule has 0 aliphatic rings. The molecule has 0 fully saturated rings. The lowest BCUT2D eigenvalue weighted by Crippen LogP contribution is -2.51. The summed E-state index contributed by atoms with van der Waals surface area (Å²) in [5.74, 6) is -0.602. The molecule has 0 radical (unpaired) electrons. The van der Waals surface area contributed by atoms with Crippen LogP contribution >= 0.6 is 7.60 Å². The van der Waals surface area contributed by atoms with Gasteiger partial charge in [-0.1, -0.05) is 57.0 Å². The molecule has 11 heteroatoms. The average Bonchev–Trinajstić information content (AvgIpc) is 2.85. The highest BCUT2D eigenvalue weighted by Gasteiger charge is 2.27. The quantitative estimate of drug-likeness (QED) is 0.175. The highest BCUT2D eigenvalue weighted by molar-refractivity contribution is 7.54. The van der Waals surface area contributed by atoms with Crippen molar-refractivity contribution in [2.45, 2.75) is 78.5 Å². The van der Waals surface area contributed by atoms with Gasteiger partial charge < -0.3 is 29.5 Å². The maximum absolute atomic E-state index is 12.9. The molecule has 1 unspecified atom stereocenters. The Balaban J connectivity index is 2.60. The Morgan fingerprint density at radius 3 is 2.19 bits per heavy atom. The van der Waals surface area contributed by atoms with Gasteiger partial charge in [-0.2, -0.15) is 0 Å². The predicted molar refractivity (Wildman–Crippen MR) is 141 cm³/mol.